The summed E-state index contributed by atoms with van der Waals surface area (Å²) in [7, 11) is 1.73. The molecular weight excluding hydrogens is 202 g/mol. The van der Waals surface area contributed by atoms with Gasteiger partial charge in [0.05, 0.1) is 5.56 Å². The van der Waals surface area contributed by atoms with Gasteiger partial charge in [0.2, 0.25) is 0 Å². The maximum absolute atomic E-state index is 9.86. The highest BCUT2D eigenvalue weighted by atomic mass is 16.3. The second-order valence-electron chi connectivity index (χ2n) is 3.51. The van der Waals surface area contributed by atoms with Crippen molar-refractivity contribution >= 4 is 5.69 Å². The highest BCUT2D eigenvalue weighted by Gasteiger charge is 2.10. The molecule has 2 aromatic rings. The van der Waals surface area contributed by atoms with E-state index < -0.39 is 0 Å². The van der Waals surface area contributed by atoms with Gasteiger partial charge in [0.25, 0.3) is 0 Å². The number of rotatable bonds is 2. The van der Waals surface area contributed by atoms with E-state index in [-0.39, 0.29) is 11.5 Å². The van der Waals surface area contributed by atoms with Gasteiger partial charge in [0.15, 0.2) is 0 Å². The Labute approximate surface area is 94.0 Å². The fourth-order valence-corrected chi connectivity index (χ4v) is 1.66. The molecular formula is C13H13NO2. The molecule has 0 heterocycles. The molecule has 0 saturated heterocycles. The molecule has 2 rings (SSSR count). The number of nitrogens with one attached hydrogen (secondary N) is 1. The van der Waals surface area contributed by atoms with Crippen LogP contribution < -0.4 is 5.32 Å². The Balaban J connectivity index is 2.58. The standard InChI is InChI=1S/C13H13NO2/c1-14-10-7-11(15)13(12(16)8-10)9-5-3-2-4-6-9/h2-8,14-16H,1H3. The van der Waals surface area contributed by atoms with Crippen LogP contribution in [-0.2, 0) is 0 Å². The lowest BCUT2D eigenvalue weighted by molar-refractivity contribution is 0.455. The summed E-state index contributed by atoms with van der Waals surface area (Å²) < 4.78 is 0. The van der Waals surface area contributed by atoms with Gasteiger partial charge in [-0.15, -0.1) is 0 Å². The van der Waals surface area contributed by atoms with Gasteiger partial charge in [-0.1, -0.05) is 30.3 Å². The quantitative estimate of drug-likeness (QED) is 0.722. The molecule has 2 aromatic carbocycles. The SMILES string of the molecule is CNc1cc(O)c(-c2ccccc2)c(O)c1. The molecule has 0 unspecified atom stereocenters. The molecule has 0 fully saturated rings. The number of hydrogen-bond donors (Lipinski definition) is 3. The van der Waals surface area contributed by atoms with Crippen molar-refractivity contribution in [3.05, 3.63) is 42.5 Å². The van der Waals surface area contributed by atoms with Crippen LogP contribution in [-0.4, -0.2) is 17.3 Å². The van der Waals surface area contributed by atoms with Gasteiger partial charge in [-0.05, 0) is 5.56 Å². The molecule has 0 bridgehead atoms. The Morgan fingerprint density at radius 1 is 0.938 bits per heavy atom. The van der Waals surface area contributed by atoms with Crippen LogP contribution in [0.25, 0.3) is 11.1 Å². The first-order chi connectivity index (χ1) is 7.72. The zero-order valence-corrected chi connectivity index (χ0v) is 8.94. The minimum atomic E-state index is 0.0653. The van der Waals surface area contributed by atoms with Crippen molar-refractivity contribution in [3.63, 3.8) is 0 Å². The summed E-state index contributed by atoms with van der Waals surface area (Å²) >= 11 is 0. The molecule has 0 aliphatic heterocycles. The number of hydrogen-bond acceptors (Lipinski definition) is 3. The Kier molecular flexibility index (Phi) is 2.68. The summed E-state index contributed by atoms with van der Waals surface area (Å²) in [5.41, 5.74) is 1.93. The lowest BCUT2D eigenvalue weighted by atomic mass is 10.0. The summed E-state index contributed by atoms with van der Waals surface area (Å²) in [5, 5.41) is 22.6. The molecule has 0 amide bonds. The third-order valence-electron chi connectivity index (χ3n) is 2.45. The lowest BCUT2D eigenvalue weighted by Gasteiger charge is -2.10. The minimum absolute atomic E-state index is 0.0653. The minimum Gasteiger partial charge on any atom is -0.507 e. The average Bonchev–Trinajstić information content (AvgIpc) is 2.29. The molecule has 0 atom stereocenters. The molecule has 0 aliphatic carbocycles. The Morgan fingerprint density at radius 2 is 1.50 bits per heavy atom. The lowest BCUT2D eigenvalue weighted by Crippen LogP contribution is -1.89. The zero-order valence-electron chi connectivity index (χ0n) is 8.94. The van der Waals surface area contributed by atoms with Crippen LogP contribution >= 0.6 is 0 Å². The van der Waals surface area contributed by atoms with Crippen molar-refractivity contribution in [1.82, 2.24) is 0 Å². The molecule has 82 valence electrons. The highest BCUT2D eigenvalue weighted by Crippen LogP contribution is 2.39. The normalized spacial score (nSPS) is 10.1. The second kappa shape index (κ2) is 4.14. The average molecular weight is 215 g/mol. The van der Waals surface area contributed by atoms with E-state index in [9.17, 15) is 10.2 Å². The van der Waals surface area contributed by atoms with Crippen LogP contribution in [0.15, 0.2) is 42.5 Å². The first-order valence-electron chi connectivity index (χ1n) is 5.01. The molecule has 0 aromatic heterocycles. The summed E-state index contributed by atoms with van der Waals surface area (Å²) in [6, 6.07) is 12.5. The van der Waals surface area contributed by atoms with Crippen LogP contribution in [0.5, 0.6) is 11.5 Å². The van der Waals surface area contributed by atoms with E-state index in [1.165, 1.54) is 0 Å². The van der Waals surface area contributed by atoms with Crippen molar-refractivity contribution in [2.24, 2.45) is 0 Å². The summed E-state index contributed by atoms with van der Waals surface area (Å²) in [4.78, 5) is 0. The van der Waals surface area contributed by atoms with Crippen molar-refractivity contribution < 1.29 is 10.2 Å². The zero-order chi connectivity index (χ0) is 11.5. The van der Waals surface area contributed by atoms with Gasteiger partial charge in [-0.2, -0.15) is 0 Å². The molecule has 3 N–H and O–H groups in total. The number of benzene rings is 2. The van der Waals surface area contributed by atoms with Crippen LogP contribution in [0.1, 0.15) is 0 Å². The van der Waals surface area contributed by atoms with Crippen molar-refractivity contribution in [3.8, 4) is 22.6 Å². The maximum atomic E-state index is 9.86. The number of aromatic hydroxyl groups is 2. The van der Waals surface area contributed by atoms with E-state index >= 15 is 0 Å². The Hall–Kier alpha value is -2.16. The molecule has 3 nitrogen and oxygen atoms in total. The van der Waals surface area contributed by atoms with E-state index in [2.05, 4.69) is 5.32 Å². The van der Waals surface area contributed by atoms with Gasteiger partial charge in [0.1, 0.15) is 11.5 Å². The van der Waals surface area contributed by atoms with Crippen molar-refractivity contribution in [1.29, 1.82) is 0 Å². The van der Waals surface area contributed by atoms with E-state index in [0.29, 0.717) is 11.3 Å². The van der Waals surface area contributed by atoms with E-state index in [1.807, 2.05) is 30.3 Å². The predicted octanol–water partition coefficient (Wildman–Crippen LogP) is 2.81. The van der Waals surface area contributed by atoms with Crippen LogP contribution in [0, 0.1) is 0 Å². The van der Waals surface area contributed by atoms with Gasteiger partial charge in [-0.25, -0.2) is 0 Å². The first kappa shape index (κ1) is 10.4. The Morgan fingerprint density at radius 3 is 2.00 bits per heavy atom. The second-order valence-corrected chi connectivity index (χ2v) is 3.51. The number of phenolic OH excluding ortho intramolecular Hbond substituents is 2. The fourth-order valence-electron chi connectivity index (χ4n) is 1.66. The van der Waals surface area contributed by atoms with E-state index in [4.69, 9.17) is 0 Å². The fraction of sp³-hybridized carbons (Fsp3) is 0.0769. The van der Waals surface area contributed by atoms with Crippen LogP contribution in [0.4, 0.5) is 5.69 Å². The molecule has 16 heavy (non-hydrogen) atoms. The summed E-state index contributed by atoms with van der Waals surface area (Å²) in [6.45, 7) is 0. The Bertz CT molecular complexity index is 472. The first-order valence-corrected chi connectivity index (χ1v) is 5.01. The molecule has 0 aliphatic rings. The van der Waals surface area contributed by atoms with Crippen molar-refractivity contribution in [2.45, 2.75) is 0 Å². The highest BCUT2D eigenvalue weighted by molar-refractivity contribution is 5.79. The van der Waals surface area contributed by atoms with Gasteiger partial charge >= 0.3 is 0 Å². The smallest absolute Gasteiger partial charge is 0.129 e. The van der Waals surface area contributed by atoms with E-state index in [1.54, 1.807) is 19.2 Å². The third-order valence-corrected chi connectivity index (χ3v) is 2.45. The monoisotopic (exact) mass is 215 g/mol. The largest absolute Gasteiger partial charge is 0.507 e. The molecule has 0 spiro atoms. The summed E-state index contributed by atoms with van der Waals surface area (Å²) in [6.07, 6.45) is 0. The molecule has 0 radical (unpaired) electrons. The maximum Gasteiger partial charge on any atom is 0.129 e. The van der Waals surface area contributed by atoms with E-state index in [0.717, 1.165) is 5.56 Å². The summed E-state index contributed by atoms with van der Waals surface area (Å²) in [5.74, 6) is 0.131. The predicted molar refractivity (Wildman–Crippen MR) is 64.8 cm³/mol. The van der Waals surface area contributed by atoms with Crippen LogP contribution in [0.2, 0.25) is 0 Å². The topological polar surface area (TPSA) is 52.5 Å². The number of anilines is 1. The van der Waals surface area contributed by atoms with Crippen molar-refractivity contribution in [2.75, 3.05) is 12.4 Å². The van der Waals surface area contributed by atoms with Crippen LogP contribution in [0.3, 0.4) is 0 Å². The third kappa shape index (κ3) is 1.80. The molecule has 3 heteroatoms. The van der Waals surface area contributed by atoms with Gasteiger partial charge in [-0.3, -0.25) is 0 Å². The van der Waals surface area contributed by atoms with Gasteiger partial charge < -0.3 is 15.5 Å². The van der Waals surface area contributed by atoms with Gasteiger partial charge in [0, 0.05) is 24.9 Å². The number of phenols is 2. The molecule has 0 saturated carbocycles.